The first-order valence-corrected chi connectivity index (χ1v) is 11.7. The van der Waals surface area contributed by atoms with Gasteiger partial charge in [0.1, 0.15) is 5.82 Å². The molecule has 0 unspecified atom stereocenters. The lowest BCUT2D eigenvalue weighted by molar-refractivity contribution is -0.138. The molecule has 1 aliphatic rings. The van der Waals surface area contributed by atoms with Gasteiger partial charge >= 0.3 is 6.18 Å². The Hall–Kier alpha value is -3.73. The number of pyridine rings is 2. The maximum atomic E-state index is 15.4. The van der Waals surface area contributed by atoms with Gasteiger partial charge in [-0.2, -0.15) is 13.2 Å². The van der Waals surface area contributed by atoms with Crippen molar-refractivity contribution in [2.45, 2.75) is 39.0 Å². The van der Waals surface area contributed by atoms with Gasteiger partial charge in [-0.1, -0.05) is 0 Å². The van der Waals surface area contributed by atoms with E-state index in [1.54, 1.807) is 19.2 Å². The number of alkyl halides is 3. The molecule has 1 amide bonds. The summed E-state index contributed by atoms with van der Waals surface area (Å²) in [6.07, 6.45) is -1.11. The molecule has 0 bridgehead atoms. The first-order valence-electron chi connectivity index (χ1n) is 11.7. The number of aryl methyl sites for hydroxylation is 1. The highest BCUT2D eigenvalue weighted by Crippen LogP contribution is 2.37. The standard InChI is InChI=1S/C26H27F4N5O2/c1-14-5-17(10-31-9-14)18-6-22(23(8-21(18)27)35-12-15(2)34(4)16(3)13-35)33-25(37)19-11-32-24(36)7-20(19)26(28,29)30/h5-11,15-16H,12-13H2,1-4H3,(H,32,36)(H,33,37)/t15-,16+. The van der Waals surface area contributed by atoms with Gasteiger partial charge < -0.3 is 15.2 Å². The number of hydrogen-bond donors (Lipinski definition) is 2. The second-order valence-electron chi connectivity index (χ2n) is 9.45. The summed E-state index contributed by atoms with van der Waals surface area (Å²) in [4.78, 5) is 35.0. The summed E-state index contributed by atoms with van der Waals surface area (Å²) < 4.78 is 56.2. The number of rotatable bonds is 4. The van der Waals surface area contributed by atoms with Crippen LogP contribution in [-0.4, -0.2) is 53.0 Å². The Balaban J connectivity index is 1.82. The molecular weight excluding hydrogens is 490 g/mol. The largest absolute Gasteiger partial charge is 0.417 e. The molecule has 11 heteroatoms. The lowest BCUT2D eigenvalue weighted by Crippen LogP contribution is -2.55. The maximum Gasteiger partial charge on any atom is 0.417 e. The molecule has 4 rings (SSSR count). The number of amides is 1. The number of H-pyrrole nitrogens is 1. The summed E-state index contributed by atoms with van der Waals surface area (Å²) in [5.74, 6) is -1.64. The Bertz CT molecular complexity index is 1380. The molecule has 0 radical (unpaired) electrons. The van der Waals surface area contributed by atoms with Crippen molar-refractivity contribution in [1.82, 2.24) is 14.9 Å². The normalized spacial score (nSPS) is 18.6. The fourth-order valence-electron chi connectivity index (χ4n) is 4.53. The highest BCUT2D eigenvalue weighted by Gasteiger charge is 2.36. The first kappa shape index (κ1) is 26.3. The van der Waals surface area contributed by atoms with Crippen LogP contribution in [0.4, 0.5) is 28.9 Å². The first-order chi connectivity index (χ1) is 17.3. The molecule has 3 aromatic rings. The third-order valence-electron chi connectivity index (χ3n) is 6.69. The SMILES string of the molecule is Cc1cncc(-c2cc(NC(=O)c3c[nH]c(=O)cc3C(F)(F)F)c(N3C[C@@H](C)N(C)[C@@H](C)C3)cc2F)c1. The van der Waals surface area contributed by atoms with Crippen molar-refractivity contribution >= 4 is 17.3 Å². The number of nitrogens with zero attached hydrogens (tertiary/aromatic N) is 3. The quantitative estimate of drug-likeness (QED) is 0.491. The zero-order valence-electron chi connectivity index (χ0n) is 20.8. The third kappa shape index (κ3) is 5.51. The minimum Gasteiger partial charge on any atom is -0.367 e. The van der Waals surface area contributed by atoms with Gasteiger partial charge in [0.2, 0.25) is 5.56 Å². The van der Waals surface area contributed by atoms with Gasteiger partial charge in [0.15, 0.2) is 0 Å². The zero-order chi connectivity index (χ0) is 27.1. The monoisotopic (exact) mass is 517 g/mol. The third-order valence-corrected chi connectivity index (χ3v) is 6.69. The van der Waals surface area contributed by atoms with E-state index in [-0.39, 0.29) is 23.3 Å². The zero-order valence-corrected chi connectivity index (χ0v) is 20.8. The van der Waals surface area contributed by atoms with Crippen LogP contribution in [0.15, 0.2) is 47.7 Å². The fraction of sp³-hybridized carbons (Fsp3) is 0.346. The van der Waals surface area contributed by atoms with E-state index in [1.165, 1.54) is 18.3 Å². The van der Waals surface area contributed by atoms with Crippen LogP contribution in [0, 0.1) is 12.7 Å². The Labute approximate surface area is 211 Å². The van der Waals surface area contributed by atoms with E-state index in [1.807, 2.05) is 25.8 Å². The molecule has 7 nitrogen and oxygen atoms in total. The van der Waals surface area contributed by atoms with Crippen LogP contribution in [0.2, 0.25) is 0 Å². The van der Waals surface area contributed by atoms with E-state index >= 15 is 4.39 Å². The summed E-state index contributed by atoms with van der Waals surface area (Å²) in [7, 11) is 1.98. The number of nitrogens with one attached hydrogen (secondary N) is 2. The number of anilines is 2. The van der Waals surface area contributed by atoms with Crippen LogP contribution < -0.4 is 15.8 Å². The fourth-order valence-corrected chi connectivity index (χ4v) is 4.53. The number of likely N-dealkylation sites (N-methyl/N-ethyl adjacent to an activating group) is 1. The number of piperazine rings is 1. The van der Waals surface area contributed by atoms with E-state index < -0.39 is 34.6 Å². The van der Waals surface area contributed by atoms with Gasteiger partial charge in [0.05, 0.1) is 22.5 Å². The summed E-state index contributed by atoms with van der Waals surface area (Å²) in [6.45, 7) is 6.86. The molecule has 196 valence electrons. The molecule has 2 N–H and O–H groups in total. The summed E-state index contributed by atoms with van der Waals surface area (Å²) in [5, 5.41) is 2.55. The number of carbonyl (C=O) groups is 1. The second-order valence-corrected chi connectivity index (χ2v) is 9.45. The molecular formula is C26H27F4N5O2. The summed E-state index contributed by atoms with van der Waals surface area (Å²) >= 11 is 0. The van der Waals surface area contributed by atoms with Crippen LogP contribution in [0.5, 0.6) is 0 Å². The molecule has 1 aromatic carbocycles. The topological polar surface area (TPSA) is 81.3 Å². The highest BCUT2D eigenvalue weighted by atomic mass is 19.4. The van der Waals surface area contributed by atoms with Crippen molar-refractivity contribution in [2.75, 3.05) is 30.4 Å². The smallest absolute Gasteiger partial charge is 0.367 e. The molecule has 37 heavy (non-hydrogen) atoms. The Morgan fingerprint density at radius 1 is 1.11 bits per heavy atom. The molecule has 0 aliphatic carbocycles. The Morgan fingerprint density at radius 2 is 1.78 bits per heavy atom. The number of hydrogen-bond acceptors (Lipinski definition) is 5. The van der Waals surface area contributed by atoms with Crippen LogP contribution in [0.25, 0.3) is 11.1 Å². The van der Waals surface area contributed by atoms with Crippen molar-refractivity contribution in [3.63, 3.8) is 0 Å². The number of aromatic nitrogens is 2. The second kappa shape index (κ2) is 9.97. The van der Waals surface area contributed by atoms with Gasteiger partial charge in [-0.3, -0.25) is 19.5 Å². The Morgan fingerprint density at radius 3 is 2.41 bits per heavy atom. The van der Waals surface area contributed by atoms with Gasteiger partial charge in [-0.25, -0.2) is 4.39 Å². The molecule has 2 atom stereocenters. The van der Waals surface area contributed by atoms with E-state index in [0.29, 0.717) is 30.4 Å². The van der Waals surface area contributed by atoms with E-state index in [4.69, 9.17) is 0 Å². The maximum absolute atomic E-state index is 15.4. The van der Waals surface area contributed by atoms with Crippen molar-refractivity contribution in [1.29, 1.82) is 0 Å². The van der Waals surface area contributed by atoms with Crippen molar-refractivity contribution in [2.24, 2.45) is 0 Å². The number of carbonyl (C=O) groups excluding carboxylic acids is 1. The molecule has 1 aliphatic heterocycles. The predicted molar refractivity (Wildman–Crippen MR) is 133 cm³/mol. The van der Waals surface area contributed by atoms with E-state index in [0.717, 1.165) is 11.8 Å². The van der Waals surface area contributed by atoms with Crippen LogP contribution in [0.3, 0.4) is 0 Å². The summed E-state index contributed by atoms with van der Waals surface area (Å²) in [6, 6.07) is 4.97. The van der Waals surface area contributed by atoms with Crippen LogP contribution in [-0.2, 0) is 6.18 Å². The number of halogens is 4. The van der Waals surface area contributed by atoms with Crippen molar-refractivity contribution in [3.05, 3.63) is 75.7 Å². The molecule has 1 saturated heterocycles. The lowest BCUT2D eigenvalue weighted by atomic mass is 10.0. The molecule has 2 aromatic heterocycles. The Kier molecular flexibility index (Phi) is 7.09. The molecule has 0 saturated carbocycles. The average Bonchev–Trinajstić information content (AvgIpc) is 2.82. The van der Waals surface area contributed by atoms with Crippen LogP contribution in [0.1, 0.15) is 35.3 Å². The average molecular weight is 518 g/mol. The van der Waals surface area contributed by atoms with Crippen LogP contribution >= 0.6 is 0 Å². The molecule has 0 spiro atoms. The van der Waals surface area contributed by atoms with Gasteiger partial charge in [0, 0.05) is 61.0 Å². The van der Waals surface area contributed by atoms with Gasteiger partial charge in [0.25, 0.3) is 5.91 Å². The van der Waals surface area contributed by atoms with Crippen molar-refractivity contribution < 1.29 is 22.4 Å². The lowest BCUT2D eigenvalue weighted by Gasteiger charge is -2.44. The van der Waals surface area contributed by atoms with E-state index in [9.17, 15) is 22.8 Å². The summed E-state index contributed by atoms with van der Waals surface area (Å²) in [5.41, 5.74) is -1.21. The number of aromatic amines is 1. The van der Waals surface area contributed by atoms with Gasteiger partial charge in [-0.05, 0) is 51.6 Å². The molecule has 1 fully saturated rings. The molecule has 3 heterocycles. The predicted octanol–water partition coefficient (Wildman–Crippen LogP) is 4.68. The van der Waals surface area contributed by atoms with Crippen molar-refractivity contribution in [3.8, 4) is 11.1 Å². The minimum atomic E-state index is -4.92. The number of benzene rings is 1. The van der Waals surface area contributed by atoms with Gasteiger partial charge in [-0.15, -0.1) is 0 Å². The van der Waals surface area contributed by atoms with E-state index in [2.05, 4.69) is 20.2 Å². The minimum absolute atomic E-state index is 0.104. The highest BCUT2D eigenvalue weighted by molar-refractivity contribution is 6.07.